The van der Waals surface area contributed by atoms with Crippen LogP contribution in [0.2, 0.25) is 0 Å². The lowest BCUT2D eigenvalue weighted by molar-refractivity contribution is -0.0385. The lowest BCUT2D eigenvalue weighted by atomic mass is 10.1. The van der Waals surface area contributed by atoms with Gasteiger partial charge in [0.25, 0.3) is 0 Å². The van der Waals surface area contributed by atoms with Gasteiger partial charge in [0.05, 0.1) is 12.7 Å². The predicted molar refractivity (Wildman–Crippen MR) is 39.4 cm³/mol. The average molecular weight is 140 g/mol. The summed E-state index contributed by atoms with van der Waals surface area (Å²) < 4.78 is 5.59. The molecular formula is C8H14NO-. The highest BCUT2D eigenvalue weighted by Crippen LogP contribution is 2.28. The molecule has 0 amide bonds. The van der Waals surface area contributed by atoms with Gasteiger partial charge in [0.15, 0.2) is 0 Å². The summed E-state index contributed by atoms with van der Waals surface area (Å²) in [5, 5.41) is 0. The zero-order chi connectivity index (χ0) is 6.97. The highest BCUT2D eigenvalue weighted by molar-refractivity contribution is 4.88. The van der Waals surface area contributed by atoms with Crippen molar-refractivity contribution >= 4 is 0 Å². The van der Waals surface area contributed by atoms with Crippen LogP contribution in [0.1, 0.15) is 19.3 Å². The molecule has 1 heterocycles. The Morgan fingerprint density at radius 1 is 1.40 bits per heavy atom. The molecule has 1 aliphatic heterocycles. The summed E-state index contributed by atoms with van der Waals surface area (Å²) in [5.41, 5.74) is 0. The molecule has 0 N–H and O–H groups in total. The monoisotopic (exact) mass is 140 g/mol. The van der Waals surface area contributed by atoms with Crippen molar-refractivity contribution in [2.24, 2.45) is 0 Å². The second-order valence-electron chi connectivity index (χ2n) is 3.22. The van der Waals surface area contributed by atoms with E-state index in [-0.39, 0.29) is 0 Å². The number of fused-ring (bicyclic) bond motifs is 1. The lowest BCUT2D eigenvalue weighted by Gasteiger charge is -2.40. The second-order valence-corrected chi connectivity index (χ2v) is 3.22. The minimum Gasteiger partial charge on any atom is -0.453 e. The summed E-state index contributed by atoms with van der Waals surface area (Å²) in [6, 6.07) is 0.633. The molecule has 1 saturated heterocycles. The number of rotatable bonds is 0. The zero-order valence-electron chi connectivity index (χ0n) is 6.25. The topological polar surface area (TPSA) is 12.5 Å². The summed E-state index contributed by atoms with van der Waals surface area (Å²) >= 11 is 0. The van der Waals surface area contributed by atoms with Crippen molar-refractivity contribution in [3.63, 3.8) is 0 Å². The summed E-state index contributed by atoms with van der Waals surface area (Å²) in [5.74, 6) is 0. The molecule has 1 aliphatic carbocycles. The van der Waals surface area contributed by atoms with Crippen LogP contribution in [0.5, 0.6) is 0 Å². The van der Waals surface area contributed by atoms with E-state index in [1.807, 2.05) is 0 Å². The Labute approximate surface area is 62.2 Å². The fourth-order valence-electron chi connectivity index (χ4n) is 2.01. The van der Waals surface area contributed by atoms with Gasteiger partial charge in [0.1, 0.15) is 0 Å². The van der Waals surface area contributed by atoms with Crippen LogP contribution < -0.4 is 0 Å². The minimum absolute atomic E-state index is 0.506. The van der Waals surface area contributed by atoms with Crippen molar-refractivity contribution in [3.05, 3.63) is 7.05 Å². The molecule has 0 aromatic heterocycles. The van der Waals surface area contributed by atoms with E-state index in [0.29, 0.717) is 12.1 Å². The molecule has 0 aromatic rings. The first-order chi connectivity index (χ1) is 4.88. The van der Waals surface area contributed by atoms with Crippen molar-refractivity contribution in [2.45, 2.75) is 31.4 Å². The molecule has 0 spiro atoms. The summed E-state index contributed by atoms with van der Waals surface area (Å²) in [7, 11) is 3.99. The molecule has 0 bridgehead atoms. The van der Waals surface area contributed by atoms with Crippen LogP contribution in [0.15, 0.2) is 0 Å². The fraction of sp³-hybridized carbons (Fsp3) is 0.875. The highest BCUT2D eigenvalue weighted by Gasteiger charge is 2.30. The maximum absolute atomic E-state index is 5.59. The normalized spacial score (nSPS) is 41.7. The van der Waals surface area contributed by atoms with E-state index in [9.17, 15) is 0 Å². The predicted octanol–water partition coefficient (Wildman–Crippen LogP) is 1.03. The molecule has 2 aliphatic rings. The Morgan fingerprint density at radius 3 is 3.10 bits per heavy atom. The molecule has 58 valence electrons. The van der Waals surface area contributed by atoms with Crippen LogP contribution in [-0.4, -0.2) is 30.2 Å². The standard InChI is InChI=1S/C8H14NO/c1-9-5-6-10-8-4-2-3-7(8)9/h7-8H,1-6H2/q-1. The van der Waals surface area contributed by atoms with Crippen LogP contribution in [-0.2, 0) is 4.74 Å². The third-order valence-corrected chi connectivity index (χ3v) is 2.60. The van der Waals surface area contributed by atoms with E-state index in [2.05, 4.69) is 11.9 Å². The van der Waals surface area contributed by atoms with Crippen molar-refractivity contribution in [1.82, 2.24) is 4.90 Å². The van der Waals surface area contributed by atoms with Crippen LogP contribution in [0.4, 0.5) is 0 Å². The van der Waals surface area contributed by atoms with Gasteiger partial charge in [-0.3, -0.25) is 7.05 Å². The SMILES string of the molecule is [CH2-]N1CCOC2CCCC21. The summed E-state index contributed by atoms with van der Waals surface area (Å²) in [4.78, 5) is 2.20. The van der Waals surface area contributed by atoms with Crippen LogP contribution >= 0.6 is 0 Å². The highest BCUT2D eigenvalue weighted by atomic mass is 16.5. The third kappa shape index (κ3) is 0.956. The molecule has 2 unspecified atom stereocenters. The maximum atomic E-state index is 5.59. The first-order valence-corrected chi connectivity index (χ1v) is 4.06. The Hall–Kier alpha value is -0.0800. The molecular weight excluding hydrogens is 126 g/mol. The largest absolute Gasteiger partial charge is 0.453 e. The van der Waals surface area contributed by atoms with Gasteiger partial charge in [0, 0.05) is 6.04 Å². The lowest BCUT2D eigenvalue weighted by Crippen LogP contribution is -2.44. The van der Waals surface area contributed by atoms with Crippen molar-refractivity contribution in [1.29, 1.82) is 0 Å². The van der Waals surface area contributed by atoms with Crippen molar-refractivity contribution in [2.75, 3.05) is 13.2 Å². The van der Waals surface area contributed by atoms with Crippen molar-refractivity contribution < 1.29 is 4.74 Å². The van der Waals surface area contributed by atoms with Crippen molar-refractivity contribution in [3.8, 4) is 0 Å². The van der Waals surface area contributed by atoms with E-state index >= 15 is 0 Å². The summed E-state index contributed by atoms with van der Waals surface area (Å²) in [6.45, 7) is 1.89. The summed E-state index contributed by atoms with van der Waals surface area (Å²) in [6.07, 6.45) is 4.36. The number of hydrogen-bond acceptors (Lipinski definition) is 2. The quantitative estimate of drug-likeness (QED) is 0.466. The molecule has 10 heavy (non-hydrogen) atoms. The maximum Gasteiger partial charge on any atom is 0.0707 e. The molecule has 2 atom stereocenters. The van der Waals surface area contributed by atoms with Crippen LogP contribution in [0, 0.1) is 7.05 Å². The van der Waals surface area contributed by atoms with Gasteiger partial charge in [-0.1, -0.05) is 0 Å². The van der Waals surface area contributed by atoms with Gasteiger partial charge >= 0.3 is 0 Å². The van der Waals surface area contributed by atoms with Gasteiger partial charge in [-0.25, -0.2) is 0 Å². The van der Waals surface area contributed by atoms with E-state index in [0.717, 1.165) is 13.2 Å². The van der Waals surface area contributed by atoms with E-state index in [1.54, 1.807) is 0 Å². The second kappa shape index (κ2) is 2.51. The molecule has 2 heteroatoms. The number of nitrogens with zero attached hydrogens (tertiary/aromatic N) is 1. The smallest absolute Gasteiger partial charge is 0.0707 e. The van der Waals surface area contributed by atoms with Gasteiger partial charge in [0.2, 0.25) is 0 Å². The Balaban J connectivity index is 2.03. The van der Waals surface area contributed by atoms with E-state index < -0.39 is 0 Å². The first kappa shape index (κ1) is 6.62. The first-order valence-electron chi connectivity index (χ1n) is 4.06. The van der Waals surface area contributed by atoms with E-state index in [4.69, 9.17) is 4.74 Å². The molecule has 2 rings (SSSR count). The van der Waals surface area contributed by atoms with Gasteiger partial charge in [-0.05, 0) is 25.8 Å². The molecule has 1 saturated carbocycles. The molecule has 2 fully saturated rings. The molecule has 0 aromatic carbocycles. The average Bonchev–Trinajstić information content (AvgIpc) is 2.36. The Morgan fingerprint density at radius 2 is 2.30 bits per heavy atom. The van der Waals surface area contributed by atoms with E-state index in [1.165, 1.54) is 19.3 Å². The van der Waals surface area contributed by atoms with Gasteiger partial charge in [-0.15, -0.1) is 0 Å². The number of morpholine rings is 1. The molecule has 2 nitrogen and oxygen atoms in total. The number of ether oxygens (including phenoxy) is 1. The fourth-order valence-corrected chi connectivity index (χ4v) is 2.01. The van der Waals surface area contributed by atoms with Gasteiger partial charge < -0.3 is 9.64 Å². The Bertz CT molecular complexity index is 126. The zero-order valence-corrected chi connectivity index (χ0v) is 6.25. The van der Waals surface area contributed by atoms with Crippen LogP contribution in [0.3, 0.4) is 0 Å². The minimum atomic E-state index is 0.506. The third-order valence-electron chi connectivity index (χ3n) is 2.60. The Kier molecular flexibility index (Phi) is 1.66. The van der Waals surface area contributed by atoms with Crippen LogP contribution in [0.25, 0.3) is 0 Å². The van der Waals surface area contributed by atoms with Gasteiger partial charge in [-0.2, -0.15) is 0 Å². The number of hydrogen-bond donors (Lipinski definition) is 0. The molecule has 0 radical (unpaired) electrons.